The van der Waals surface area contributed by atoms with Crippen LogP contribution in [0, 0.1) is 0 Å². The Morgan fingerprint density at radius 3 is 2.44 bits per heavy atom. The van der Waals surface area contributed by atoms with E-state index >= 15 is 0 Å². The van der Waals surface area contributed by atoms with Gasteiger partial charge in [0.05, 0.1) is 24.4 Å². The van der Waals surface area contributed by atoms with Gasteiger partial charge in [0.2, 0.25) is 0 Å². The van der Waals surface area contributed by atoms with Crippen molar-refractivity contribution in [2.75, 3.05) is 41.7 Å². The zero-order chi connectivity index (χ0) is 24.1. The Labute approximate surface area is 199 Å². The van der Waals surface area contributed by atoms with E-state index in [1.165, 1.54) is 14.2 Å². The first-order chi connectivity index (χ1) is 16.5. The summed E-state index contributed by atoms with van der Waals surface area (Å²) in [6.45, 7) is 2.07. The maximum absolute atomic E-state index is 13.4. The number of epoxide rings is 1. The highest BCUT2D eigenvalue weighted by Gasteiger charge is 2.47. The van der Waals surface area contributed by atoms with Crippen LogP contribution in [0.1, 0.15) is 54.6 Å². The molecule has 0 aromatic heterocycles. The van der Waals surface area contributed by atoms with Crippen molar-refractivity contribution in [1.29, 1.82) is 0 Å². The number of rotatable bonds is 9. The van der Waals surface area contributed by atoms with Crippen LogP contribution < -0.4 is 9.47 Å². The molecule has 10 heteroatoms. The molecule has 190 valence electrons. The molecule has 0 N–H and O–H groups in total. The minimum Gasteiger partial charge on any atom is -0.467 e. The molecular formula is C24H34O10. The van der Waals surface area contributed by atoms with E-state index in [1.54, 1.807) is 19.2 Å². The minimum atomic E-state index is -0.497. The van der Waals surface area contributed by atoms with E-state index < -0.39 is 12.1 Å². The second kappa shape index (κ2) is 11.7. The zero-order valence-electron chi connectivity index (χ0n) is 20.2. The first-order valence-corrected chi connectivity index (χ1v) is 11.6. The molecule has 0 unspecified atom stereocenters. The van der Waals surface area contributed by atoms with Crippen molar-refractivity contribution in [3.8, 4) is 11.5 Å². The van der Waals surface area contributed by atoms with Crippen molar-refractivity contribution in [2.24, 2.45) is 0 Å². The fourth-order valence-electron chi connectivity index (χ4n) is 4.64. The topological polar surface area (TPSA) is 103 Å². The van der Waals surface area contributed by atoms with Gasteiger partial charge >= 0.3 is 5.97 Å². The summed E-state index contributed by atoms with van der Waals surface area (Å²) in [5.74, 6) is 0.316. The van der Waals surface area contributed by atoms with E-state index in [0.29, 0.717) is 29.0 Å². The lowest BCUT2D eigenvalue weighted by Gasteiger charge is -2.37. The molecular weight excluding hydrogens is 448 g/mol. The molecule has 2 bridgehead atoms. The quantitative estimate of drug-likeness (QED) is 0.296. The van der Waals surface area contributed by atoms with Gasteiger partial charge in [0, 0.05) is 45.8 Å². The fraction of sp³-hybridized carbons (Fsp3) is 0.708. The fourth-order valence-corrected chi connectivity index (χ4v) is 4.64. The summed E-state index contributed by atoms with van der Waals surface area (Å²) < 4.78 is 50.7. The van der Waals surface area contributed by atoms with Crippen LogP contribution in [0.25, 0.3) is 0 Å². The first kappa shape index (κ1) is 25.2. The molecule has 1 aromatic rings. The number of cyclic esters (lactones) is 1. The number of hydrogen-bond donors (Lipinski definition) is 0. The molecule has 0 aliphatic carbocycles. The number of hydrogen-bond acceptors (Lipinski definition) is 10. The molecule has 6 atom stereocenters. The molecule has 34 heavy (non-hydrogen) atoms. The van der Waals surface area contributed by atoms with Gasteiger partial charge in [-0.2, -0.15) is 0 Å². The molecule has 10 nitrogen and oxygen atoms in total. The number of carbonyl (C=O) groups is 1. The van der Waals surface area contributed by atoms with Gasteiger partial charge in [0.25, 0.3) is 0 Å². The van der Waals surface area contributed by atoms with Crippen molar-refractivity contribution in [3.05, 3.63) is 23.3 Å². The molecule has 3 aliphatic rings. The predicted molar refractivity (Wildman–Crippen MR) is 118 cm³/mol. The van der Waals surface area contributed by atoms with E-state index in [-0.39, 0.29) is 50.9 Å². The Hall–Kier alpha value is -1.95. The van der Waals surface area contributed by atoms with Gasteiger partial charge in [0.1, 0.15) is 36.1 Å². The van der Waals surface area contributed by atoms with E-state index in [0.717, 1.165) is 19.3 Å². The Morgan fingerprint density at radius 2 is 1.68 bits per heavy atom. The van der Waals surface area contributed by atoms with Crippen LogP contribution in [-0.2, 0) is 33.2 Å². The lowest BCUT2D eigenvalue weighted by molar-refractivity contribution is -0.180. The summed E-state index contributed by atoms with van der Waals surface area (Å²) in [6, 6.07) is 3.42. The Kier molecular flexibility index (Phi) is 8.62. The zero-order valence-corrected chi connectivity index (χ0v) is 20.2. The molecule has 3 heterocycles. The highest BCUT2D eigenvalue weighted by atomic mass is 16.7. The second-order valence-corrected chi connectivity index (χ2v) is 8.76. The van der Waals surface area contributed by atoms with Crippen LogP contribution in [-0.4, -0.2) is 78.2 Å². The molecule has 3 aliphatic heterocycles. The summed E-state index contributed by atoms with van der Waals surface area (Å²) in [6.07, 6.45) is 1.85. The van der Waals surface area contributed by atoms with Gasteiger partial charge in [-0.1, -0.05) is 0 Å². The van der Waals surface area contributed by atoms with Gasteiger partial charge < -0.3 is 42.6 Å². The number of fused-ring (bicyclic) bond motifs is 5. The van der Waals surface area contributed by atoms with Crippen LogP contribution in [0.3, 0.4) is 0 Å². The van der Waals surface area contributed by atoms with Gasteiger partial charge in [-0.05, 0) is 25.8 Å². The third-order valence-electron chi connectivity index (χ3n) is 6.20. The van der Waals surface area contributed by atoms with Crippen molar-refractivity contribution < 1.29 is 47.4 Å². The van der Waals surface area contributed by atoms with E-state index in [1.807, 2.05) is 6.92 Å². The van der Waals surface area contributed by atoms with E-state index in [4.69, 9.17) is 42.6 Å². The van der Waals surface area contributed by atoms with Crippen molar-refractivity contribution in [3.63, 3.8) is 0 Å². The molecule has 0 saturated carbocycles. The number of benzene rings is 1. The smallest absolute Gasteiger partial charge is 0.342 e. The summed E-state index contributed by atoms with van der Waals surface area (Å²) in [5.41, 5.74) is 0.983. The van der Waals surface area contributed by atoms with E-state index in [9.17, 15) is 4.79 Å². The molecule has 2 saturated heterocycles. The van der Waals surface area contributed by atoms with Crippen molar-refractivity contribution in [2.45, 2.75) is 69.2 Å². The minimum absolute atomic E-state index is 0.0327. The van der Waals surface area contributed by atoms with Crippen molar-refractivity contribution in [1.82, 2.24) is 0 Å². The molecule has 0 spiro atoms. The maximum atomic E-state index is 13.4. The Balaban J connectivity index is 1.64. The predicted octanol–water partition coefficient (Wildman–Crippen LogP) is 2.97. The number of methoxy groups -OCH3 is 3. The number of ether oxygens (including phenoxy) is 9. The summed E-state index contributed by atoms with van der Waals surface area (Å²) in [4.78, 5) is 13.4. The van der Waals surface area contributed by atoms with Crippen molar-refractivity contribution >= 4 is 5.97 Å². The normalized spacial score (nSPS) is 30.8. The average molecular weight is 483 g/mol. The van der Waals surface area contributed by atoms with Crippen LogP contribution in [0.5, 0.6) is 11.5 Å². The third kappa shape index (κ3) is 5.99. The maximum Gasteiger partial charge on any atom is 0.342 e. The highest BCUT2D eigenvalue weighted by Crippen LogP contribution is 2.48. The summed E-state index contributed by atoms with van der Waals surface area (Å²) in [5, 5.41) is 0. The molecule has 1 aromatic carbocycles. The second-order valence-electron chi connectivity index (χ2n) is 8.76. The lowest BCUT2D eigenvalue weighted by Crippen LogP contribution is -2.43. The number of carbonyl (C=O) groups excluding carboxylic acids is 1. The molecule has 4 rings (SSSR count). The van der Waals surface area contributed by atoms with Gasteiger partial charge in [-0.15, -0.1) is 0 Å². The first-order valence-electron chi connectivity index (χ1n) is 11.6. The number of esters is 1. The third-order valence-corrected chi connectivity index (χ3v) is 6.20. The van der Waals surface area contributed by atoms with E-state index in [2.05, 4.69) is 0 Å². The molecule has 0 radical (unpaired) electrons. The SMILES string of the molecule is COCOc1cc(OCOC)c2c(c1)[C@@H]1O[C@@H]1C[C@@H]1CC[C@H](OCOC)[C@@H](C[C@@H](C)OC2=O)O1. The largest absolute Gasteiger partial charge is 0.467 e. The van der Waals surface area contributed by atoms with Crippen LogP contribution in [0.15, 0.2) is 12.1 Å². The van der Waals surface area contributed by atoms with Gasteiger partial charge in [-0.3, -0.25) is 0 Å². The van der Waals surface area contributed by atoms with Crippen LogP contribution in [0.2, 0.25) is 0 Å². The summed E-state index contributed by atoms with van der Waals surface area (Å²) in [7, 11) is 4.64. The standard InChI is InChI=1S/C24H34O10/c1-14-7-19-18(30-12-27-3)6-5-15(33-19)9-21-23(34-21)17-8-16(29-11-26-2)10-20(31-13-28-4)22(17)24(25)32-14/h8,10,14-15,18-19,21,23H,5-7,9,11-13H2,1-4H3/t14-,15+,18+,19-,21-,23+/m1/s1. The average Bonchev–Trinajstić information content (AvgIpc) is 3.58. The highest BCUT2D eigenvalue weighted by molar-refractivity contribution is 5.95. The van der Waals surface area contributed by atoms with Crippen LogP contribution >= 0.6 is 0 Å². The Bertz CT molecular complexity index is 830. The molecule has 2 fully saturated rings. The lowest BCUT2D eigenvalue weighted by atomic mass is 9.93. The van der Waals surface area contributed by atoms with Gasteiger partial charge in [-0.25, -0.2) is 4.79 Å². The molecule has 0 amide bonds. The van der Waals surface area contributed by atoms with Crippen LogP contribution in [0.4, 0.5) is 0 Å². The summed E-state index contributed by atoms with van der Waals surface area (Å²) >= 11 is 0. The monoisotopic (exact) mass is 482 g/mol. The van der Waals surface area contributed by atoms with Gasteiger partial charge in [0.15, 0.2) is 13.6 Å². The Morgan fingerprint density at radius 1 is 0.912 bits per heavy atom.